The van der Waals surface area contributed by atoms with Crippen molar-refractivity contribution >= 4 is 103 Å². The van der Waals surface area contributed by atoms with E-state index in [0.717, 1.165) is 6.54 Å². The van der Waals surface area contributed by atoms with Gasteiger partial charge in [-0.2, -0.15) is 0 Å². The van der Waals surface area contributed by atoms with Crippen LogP contribution in [-0.2, 0) is 0 Å². The molecule has 0 heterocycles. The first-order valence-electron chi connectivity index (χ1n) is 6.12. The van der Waals surface area contributed by atoms with Crippen LogP contribution in [0.4, 0.5) is 0 Å². The first-order chi connectivity index (χ1) is 6.41. The summed E-state index contributed by atoms with van der Waals surface area (Å²) in [5.41, 5.74) is 5.42. The predicted octanol–water partition coefficient (Wildman–Crippen LogP) is 1.91. The van der Waals surface area contributed by atoms with Crippen LogP contribution in [0, 0.1) is 0 Å². The van der Waals surface area contributed by atoms with Gasteiger partial charge in [0.25, 0.3) is 0 Å². The Bertz CT molecular complexity index is 88.6. The minimum atomic E-state index is 0. The van der Waals surface area contributed by atoms with E-state index < -0.39 is 0 Å². The molecule has 3 nitrogen and oxygen atoms in total. The van der Waals surface area contributed by atoms with Crippen molar-refractivity contribution in [2.24, 2.45) is 5.73 Å². The van der Waals surface area contributed by atoms with E-state index in [2.05, 4.69) is 6.92 Å². The zero-order valence-corrected chi connectivity index (χ0v) is 10.6. The fourth-order valence-corrected chi connectivity index (χ4v) is 1.63. The summed E-state index contributed by atoms with van der Waals surface area (Å²) >= 11 is 0. The van der Waals surface area contributed by atoms with Crippen LogP contribution in [0.15, 0.2) is 0 Å². The molecule has 0 aliphatic heterocycles. The Hall–Kier alpha value is 3.15. The van der Waals surface area contributed by atoms with E-state index in [1.807, 2.05) is 0 Å². The van der Waals surface area contributed by atoms with Crippen molar-refractivity contribution in [1.82, 2.24) is 6.15 Å². The fraction of sp³-hybridized carbons (Fsp3) is 1.00. The Kier molecular flexibility index (Phi) is 59.7. The van der Waals surface area contributed by atoms with Gasteiger partial charge >= 0.3 is 103 Å². The van der Waals surface area contributed by atoms with E-state index in [0.29, 0.717) is 0 Å². The summed E-state index contributed by atoms with van der Waals surface area (Å²) in [5.74, 6) is 0. The number of rotatable bonds is 10. The maximum absolute atomic E-state index is 5.42. The normalized spacial score (nSPS) is 8.12. The van der Waals surface area contributed by atoms with Crippen LogP contribution in [0.1, 0.15) is 71.1 Å². The number of hydrogen-bond acceptors (Lipinski definition) is 2. The van der Waals surface area contributed by atoms with Crippen LogP contribution < -0.4 is 11.9 Å². The number of nitrogens with two attached hydrogens (primary N) is 1. The molecule has 0 aromatic rings. The van der Waals surface area contributed by atoms with E-state index in [1.54, 1.807) is 0 Å². The molecule has 0 aromatic heterocycles. The van der Waals surface area contributed by atoms with Crippen molar-refractivity contribution in [2.45, 2.75) is 71.1 Å². The standard InChI is InChI=1S/C12H27N.2K.H3N.H2O.2H/c1-2-3-4-5-6-7-8-9-10-11-12-13;;;;;;/h2-13H2,1H3;;;1H3;1H2;;. The van der Waals surface area contributed by atoms with E-state index in [1.165, 1.54) is 64.2 Å². The predicted molar refractivity (Wildman–Crippen MR) is 83.8 cm³/mol. The van der Waals surface area contributed by atoms with Gasteiger partial charge in [-0.1, -0.05) is 64.7 Å². The summed E-state index contributed by atoms with van der Waals surface area (Å²) in [7, 11) is 0. The molecule has 0 atom stereocenters. The molecule has 0 fully saturated rings. The zero-order chi connectivity index (χ0) is 9.78. The zero-order valence-electron chi connectivity index (χ0n) is 10.6. The van der Waals surface area contributed by atoms with Crippen LogP contribution in [0.3, 0.4) is 0 Å². The fourth-order valence-electron chi connectivity index (χ4n) is 1.63. The van der Waals surface area contributed by atoms with Gasteiger partial charge in [0.15, 0.2) is 0 Å². The van der Waals surface area contributed by atoms with Crippen molar-refractivity contribution in [2.75, 3.05) is 6.54 Å². The van der Waals surface area contributed by atoms with Crippen molar-refractivity contribution < 1.29 is 5.48 Å². The van der Waals surface area contributed by atoms with E-state index in [4.69, 9.17) is 5.73 Å². The second-order valence-corrected chi connectivity index (χ2v) is 3.97. The molecule has 0 saturated heterocycles. The minimum absolute atomic E-state index is 0. The molecular formula is C12H34K2N2O. The van der Waals surface area contributed by atoms with E-state index in [9.17, 15) is 0 Å². The Morgan fingerprint density at radius 3 is 1.24 bits per heavy atom. The second kappa shape index (κ2) is 31.5. The van der Waals surface area contributed by atoms with Gasteiger partial charge in [0.2, 0.25) is 0 Å². The third-order valence-electron chi connectivity index (χ3n) is 2.56. The SMILES string of the molecule is CCCCCCCCCCCCN.N.O.[KH].[KH]. The van der Waals surface area contributed by atoms with Gasteiger partial charge in [-0.15, -0.1) is 0 Å². The van der Waals surface area contributed by atoms with Gasteiger partial charge in [-0.05, 0) is 13.0 Å². The summed E-state index contributed by atoms with van der Waals surface area (Å²) < 4.78 is 0. The van der Waals surface area contributed by atoms with Crippen LogP contribution in [0.2, 0.25) is 0 Å². The molecule has 0 radical (unpaired) electrons. The van der Waals surface area contributed by atoms with Gasteiger partial charge < -0.3 is 17.4 Å². The van der Waals surface area contributed by atoms with Crippen molar-refractivity contribution in [3.05, 3.63) is 0 Å². The van der Waals surface area contributed by atoms with Gasteiger partial charge in [0.1, 0.15) is 0 Å². The third-order valence-corrected chi connectivity index (χ3v) is 2.56. The topological polar surface area (TPSA) is 92.5 Å². The molecule has 5 heteroatoms. The Morgan fingerprint density at radius 2 is 0.941 bits per heavy atom. The molecule has 0 amide bonds. The molecule has 0 bridgehead atoms. The maximum atomic E-state index is 5.42. The van der Waals surface area contributed by atoms with E-state index in [-0.39, 0.29) is 114 Å². The summed E-state index contributed by atoms with van der Waals surface area (Å²) in [6, 6.07) is 0. The molecule has 7 N–H and O–H groups in total. The average Bonchev–Trinajstić information content (AvgIpc) is 2.16. The number of unbranched alkanes of at least 4 members (excludes halogenated alkanes) is 9. The molecule has 0 aliphatic rings. The summed E-state index contributed by atoms with van der Waals surface area (Å²) in [5, 5.41) is 0. The van der Waals surface area contributed by atoms with Crippen LogP contribution >= 0.6 is 0 Å². The third kappa shape index (κ3) is 32.6. The molecule has 17 heavy (non-hydrogen) atoms. The molecule has 0 aromatic carbocycles. The van der Waals surface area contributed by atoms with Crippen LogP contribution in [-0.4, -0.2) is 115 Å². The first-order valence-corrected chi connectivity index (χ1v) is 6.12. The molecular weight excluding hydrogens is 266 g/mol. The Morgan fingerprint density at radius 1 is 0.647 bits per heavy atom. The van der Waals surface area contributed by atoms with Crippen LogP contribution in [0.5, 0.6) is 0 Å². The summed E-state index contributed by atoms with van der Waals surface area (Å²) in [4.78, 5) is 0. The summed E-state index contributed by atoms with van der Waals surface area (Å²) in [6.07, 6.45) is 13.9. The average molecular weight is 301 g/mol. The molecule has 0 saturated carbocycles. The van der Waals surface area contributed by atoms with Gasteiger partial charge in [-0.3, -0.25) is 0 Å². The number of hydrogen-bond donors (Lipinski definition) is 2. The summed E-state index contributed by atoms with van der Waals surface area (Å²) in [6.45, 7) is 3.14. The monoisotopic (exact) mass is 300 g/mol. The van der Waals surface area contributed by atoms with Crippen molar-refractivity contribution in [1.29, 1.82) is 0 Å². The van der Waals surface area contributed by atoms with Crippen LogP contribution in [0.25, 0.3) is 0 Å². The van der Waals surface area contributed by atoms with Gasteiger partial charge in [-0.25, -0.2) is 0 Å². The van der Waals surface area contributed by atoms with Gasteiger partial charge in [0.05, 0.1) is 0 Å². The quantitative estimate of drug-likeness (QED) is 0.476. The Labute approximate surface area is 194 Å². The Balaban J connectivity index is -0.000000120. The second-order valence-electron chi connectivity index (χ2n) is 3.97. The van der Waals surface area contributed by atoms with Gasteiger partial charge in [0, 0.05) is 0 Å². The van der Waals surface area contributed by atoms with Crippen molar-refractivity contribution in [3.63, 3.8) is 0 Å². The molecule has 0 rings (SSSR count). The molecule has 100 valence electrons. The molecule has 0 aliphatic carbocycles. The van der Waals surface area contributed by atoms with Crippen molar-refractivity contribution in [3.8, 4) is 0 Å². The van der Waals surface area contributed by atoms with E-state index >= 15 is 0 Å². The molecule has 0 spiro atoms. The molecule has 0 unspecified atom stereocenters. The first kappa shape index (κ1) is 32.2.